The van der Waals surface area contributed by atoms with Crippen LogP contribution in [0.2, 0.25) is 0 Å². The SMILES string of the molecule is COc1cc(/C=C2/C(=O)N(c3c(F)c(F)c(F)c(F)c3F)N=C2C)cc(Br)c1OCc1ccccc1C#N. The van der Waals surface area contributed by atoms with Gasteiger partial charge in [0.05, 0.1) is 34.5 Å². The minimum absolute atomic E-state index is 0.0255. The molecule has 38 heavy (non-hydrogen) atoms. The van der Waals surface area contributed by atoms with Crippen molar-refractivity contribution in [1.29, 1.82) is 5.26 Å². The highest BCUT2D eigenvalue weighted by Crippen LogP contribution is 2.39. The smallest absolute Gasteiger partial charge is 0.280 e. The standard InChI is InChI=1S/C26H15BrF5N3O3/c1-12-16(26(36)35(34-12)24-22(31)20(29)19(28)21(30)23(24)32)7-13-8-17(27)25(18(9-13)37-2)38-11-15-6-4-3-5-14(15)10-33/h3-9H,11H2,1-2H3/b16-7+. The molecular formula is C26H15BrF5N3O3. The summed E-state index contributed by atoms with van der Waals surface area (Å²) in [6.45, 7) is 1.40. The molecule has 3 aromatic rings. The fourth-order valence-corrected chi connectivity index (χ4v) is 4.22. The molecule has 0 atom stereocenters. The van der Waals surface area contributed by atoms with Gasteiger partial charge in [-0.05, 0) is 52.7 Å². The third-order valence-corrected chi connectivity index (χ3v) is 6.12. The van der Waals surface area contributed by atoms with E-state index >= 15 is 0 Å². The largest absolute Gasteiger partial charge is 0.493 e. The van der Waals surface area contributed by atoms with Gasteiger partial charge in [0, 0.05) is 5.56 Å². The number of halogens is 6. The highest BCUT2D eigenvalue weighted by atomic mass is 79.9. The number of hydrogen-bond acceptors (Lipinski definition) is 5. The molecule has 0 radical (unpaired) electrons. The predicted molar refractivity (Wildman–Crippen MR) is 131 cm³/mol. The van der Waals surface area contributed by atoms with E-state index in [0.717, 1.165) is 0 Å². The third-order valence-electron chi connectivity index (χ3n) is 5.53. The van der Waals surface area contributed by atoms with Crippen molar-refractivity contribution in [3.8, 4) is 17.6 Å². The summed E-state index contributed by atoms with van der Waals surface area (Å²) in [4.78, 5) is 12.9. The molecule has 3 aromatic carbocycles. The van der Waals surface area contributed by atoms with Crippen molar-refractivity contribution in [1.82, 2.24) is 0 Å². The second-order valence-electron chi connectivity index (χ2n) is 7.87. The molecule has 12 heteroatoms. The fourth-order valence-electron chi connectivity index (χ4n) is 3.65. The van der Waals surface area contributed by atoms with Crippen molar-refractivity contribution in [2.45, 2.75) is 13.5 Å². The van der Waals surface area contributed by atoms with E-state index in [4.69, 9.17) is 9.47 Å². The third kappa shape index (κ3) is 4.72. The number of hydrogen-bond donors (Lipinski definition) is 0. The van der Waals surface area contributed by atoms with E-state index in [0.29, 0.717) is 26.9 Å². The van der Waals surface area contributed by atoms with Crippen molar-refractivity contribution in [3.63, 3.8) is 0 Å². The lowest BCUT2D eigenvalue weighted by Gasteiger charge is -2.15. The van der Waals surface area contributed by atoms with Crippen molar-refractivity contribution in [2.75, 3.05) is 12.1 Å². The summed E-state index contributed by atoms with van der Waals surface area (Å²) in [6.07, 6.45) is 1.31. The van der Waals surface area contributed by atoms with Crippen LogP contribution >= 0.6 is 15.9 Å². The van der Waals surface area contributed by atoms with Gasteiger partial charge in [-0.2, -0.15) is 15.4 Å². The first-order valence-corrected chi connectivity index (χ1v) is 11.5. The maximum absolute atomic E-state index is 14.3. The van der Waals surface area contributed by atoms with Gasteiger partial charge in [0.25, 0.3) is 5.91 Å². The predicted octanol–water partition coefficient (Wildman–Crippen LogP) is 6.41. The monoisotopic (exact) mass is 591 g/mol. The maximum Gasteiger partial charge on any atom is 0.280 e. The van der Waals surface area contributed by atoms with Gasteiger partial charge in [-0.3, -0.25) is 4.79 Å². The summed E-state index contributed by atoms with van der Waals surface area (Å²) in [5, 5.41) is 13.1. The van der Waals surface area contributed by atoms with E-state index in [1.165, 1.54) is 26.2 Å². The Labute approximate surface area is 221 Å². The van der Waals surface area contributed by atoms with E-state index in [1.807, 2.05) is 0 Å². The van der Waals surface area contributed by atoms with Gasteiger partial charge in [0.15, 0.2) is 34.8 Å². The van der Waals surface area contributed by atoms with Gasteiger partial charge in [-0.15, -0.1) is 0 Å². The summed E-state index contributed by atoms with van der Waals surface area (Å²) >= 11 is 3.38. The summed E-state index contributed by atoms with van der Waals surface area (Å²) < 4.78 is 81.1. The molecule has 0 saturated carbocycles. The van der Waals surface area contributed by atoms with Gasteiger partial charge < -0.3 is 9.47 Å². The molecule has 0 spiro atoms. The van der Waals surface area contributed by atoms with Crippen LogP contribution in [0.4, 0.5) is 27.6 Å². The molecule has 0 aromatic heterocycles. The number of anilines is 1. The molecule has 194 valence electrons. The summed E-state index contributed by atoms with van der Waals surface area (Å²) in [7, 11) is 1.38. The highest BCUT2D eigenvalue weighted by molar-refractivity contribution is 9.10. The maximum atomic E-state index is 14.3. The van der Waals surface area contributed by atoms with Crippen molar-refractivity contribution >= 4 is 39.3 Å². The Morgan fingerprint density at radius 1 is 1.05 bits per heavy atom. The average molecular weight is 592 g/mol. The van der Waals surface area contributed by atoms with E-state index in [1.54, 1.807) is 30.3 Å². The molecule has 1 heterocycles. The van der Waals surface area contributed by atoms with E-state index in [-0.39, 0.29) is 28.7 Å². The van der Waals surface area contributed by atoms with Gasteiger partial charge in [0.1, 0.15) is 12.3 Å². The van der Waals surface area contributed by atoms with Crippen LogP contribution < -0.4 is 14.5 Å². The molecular weight excluding hydrogens is 577 g/mol. The number of nitrogens with zero attached hydrogens (tertiary/aromatic N) is 3. The number of nitriles is 1. The molecule has 0 fully saturated rings. The lowest BCUT2D eigenvalue weighted by atomic mass is 10.1. The number of rotatable bonds is 6. The lowest BCUT2D eigenvalue weighted by Crippen LogP contribution is -2.25. The van der Waals surface area contributed by atoms with Crippen LogP contribution in [0.3, 0.4) is 0 Å². The first-order chi connectivity index (χ1) is 18.1. The summed E-state index contributed by atoms with van der Waals surface area (Å²) in [6, 6.07) is 12.0. The van der Waals surface area contributed by atoms with Crippen LogP contribution in [-0.2, 0) is 11.4 Å². The van der Waals surface area contributed by atoms with Gasteiger partial charge >= 0.3 is 0 Å². The lowest BCUT2D eigenvalue weighted by molar-refractivity contribution is -0.114. The van der Waals surface area contributed by atoms with Gasteiger partial charge in [-0.25, -0.2) is 22.0 Å². The van der Waals surface area contributed by atoms with Crippen LogP contribution in [0, 0.1) is 40.4 Å². The topological polar surface area (TPSA) is 74.9 Å². The highest BCUT2D eigenvalue weighted by Gasteiger charge is 2.37. The van der Waals surface area contributed by atoms with E-state index in [2.05, 4.69) is 27.1 Å². The molecule has 6 nitrogen and oxygen atoms in total. The summed E-state index contributed by atoms with van der Waals surface area (Å²) in [5.74, 6) is -11.7. The number of hydrazone groups is 1. The van der Waals surface area contributed by atoms with Crippen LogP contribution in [-0.4, -0.2) is 18.7 Å². The first-order valence-electron chi connectivity index (χ1n) is 10.7. The Balaban J connectivity index is 1.67. The van der Waals surface area contributed by atoms with Crippen molar-refractivity contribution in [3.05, 3.63) is 92.2 Å². The molecule has 1 amide bonds. The Bertz CT molecular complexity index is 1550. The molecule has 0 N–H and O–H groups in total. The van der Waals surface area contributed by atoms with E-state index < -0.39 is 40.7 Å². The molecule has 0 bridgehead atoms. The van der Waals surface area contributed by atoms with Crippen LogP contribution in [0.1, 0.15) is 23.6 Å². The number of carbonyl (C=O) groups is 1. The molecule has 0 saturated heterocycles. The zero-order valence-electron chi connectivity index (χ0n) is 19.6. The normalized spacial score (nSPS) is 14.1. The Morgan fingerprint density at radius 3 is 2.32 bits per heavy atom. The molecule has 1 aliphatic heterocycles. The van der Waals surface area contributed by atoms with Crippen LogP contribution in [0.25, 0.3) is 6.08 Å². The van der Waals surface area contributed by atoms with Gasteiger partial charge in [-0.1, -0.05) is 18.2 Å². The van der Waals surface area contributed by atoms with Gasteiger partial charge in [0.2, 0.25) is 5.82 Å². The fraction of sp³-hybridized carbons (Fsp3) is 0.115. The minimum atomic E-state index is -2.35. The minimum Gasteiger partial charge on any atom is -0.493 e. The second kappa shape index (κ2) is 10.6. The number of benzene rings is 3. The Kier molecular flexibility index (Phi) is 7.50. The van der Waals surface area contributed by atoms with Crippen molar-refractivity contribution < 1.29 is 36.2 Å². The second-order valence-corrected chi connectivity index (χ2v) is 8.72. The van der Waals surface area contributed by atoms with Crippen molar-refractivity contribution in [2.24, 2.45) is 5.10 Å². The number of amides is 1. The van der Waals surface area contributed by atoms with E-state index in [9.17, 15) is 32.0 Å². The number of methoxy groups -OCH3 is 1. The Morgan fingerprint density at radius 2 is 1.68 bits per heavy atom. The summed E-state index contributed by atoms with van der Waals surface area (Å²) in [5.41, 5.74) is -0.199. The van der Waals surface area contributed by atoms with Crippen LogP contribution in [0.15, 0.2) is 51.5 Å². The average Bonchev–Trinajstić information content (AvgIpc) is 3.18. The Hall–Kier alpha value is -4.24. The molecule has 1 aliphatic rings. The number of ether oxygens (including phenoxy) is 2. The molecule has 4 rings (SSSR count). The quantitative estimate of drug-likeness (QED) is 0.144. The van der Waals surface area contributed by atoms with Crippen LogP contribution in [0.5, 0.6) is 11.5 Å². The molecule has 0 aliphatic carbocycles. The first kappa shape index (κ1) is 26.8. The number of carbonyl (C=O) groups excluding carboxylic acids is 1. The zero-order chi connectivity index (χ0) is 27.7. The zero-order valence-corrected chi connectivity index (χ0v) is 21.2. The molecule has 0 unspecified atom stereocenters.